The summed E-state index contributed by atoms with van der Waals surface area (Å²) in [5.41, 5.74) is 1.57. The van der Waals surface area contributed by atoms with Crippen LogP contribution in [0.25, 0.3) is 0 Å². The maximum absolute atomic E-state index is 12.5. The van der Waals surface area contributed by atoms with Crippen LogP contribution in [0.1, 0.15) is 50.5 Å². The molecule has 26 heavy (non-hydrogen) atoms. The van der Waals surface area contributed by atoms with Crippen LogP contribution in [0.2, 0.25) is 5.02 Å². The Hall–Kier alpha value is -1.96. The Labute approximate surface area is 161 Å². The lowest BCUT2D eigenvalue weighted by Gasteiger charge is -2.09. The molecule has 2 N–H and O–H groups in total. The smallest absolute Gasteiger partial charge is 0.267 e. The van der Waals surface area contributed by atoms with Gasteiger partial charge in [-0.2, -0.15) is 0 Å². The summed E-state index contributed by atoms with van der Waals surface area (Å²) in [5.74, 6) is -0.254. The molecule has 0 fully saturated rings. The van der Waals surface area contributed by atoms with Crippen molar-refractivity contribution >= 4 is 40.4 Å². The highest BCUT2D eigenvalue weighted by atomic mass is 35.5. The average Bonchev–Trinajstić information content (AvgIpc) is 2.97. The number of methoxy groups -OCH3 is 1. The van der Waals surface area contributed by atoms with Crippen molar-refractivity contribution in [1.29, 1.82) is 0 Å². The summed E-state index contributed by atoms with van der Waals surface area (Å²) in [6, 6.07) is 4.79. The Balaban J connectivity index is 2.09. The van der Waals surface area contributed by atoms with Crippen LogP contribution in [-0.2, 0) is 4.74 Å². The van der Waals surface area contributed by atoms with Crippen molar-refractivity contribution in [2.45, 2.75) is 26.7 Å². The predicted octanol–water partition coefficient (Wildman–Crippen LogP) is 3.86. The lowest BCUT2D eigenvalue weighted by atomic mass is 10.2. The van der Waals surface area contributed by atoms with E-state index in [1.165, 1.54) is 11.3 Å². The first-order valence-corrected chi connectivity index (χ1v) is 9.38. The van der Waals surface area contributed by atoms with E-state index < -0.39 is 0 Å². The van der Waals surface area contributed by atoms with Crippen LogP contribution in [0.4, 0.5) is 5.69 Å². The second kappa shape index (κ2) is 9.12. The van der Waals surface area contributed by atoms with Crippen LogP contribution in [0.3, 0.4) is 0 Å². The summed E-state index contributed by atoms with van der Waals surface area (Å²) in [7, 11) is 1.56. The molecule has 8 heteroatoms. The molecule has 0 saturated carbocycles. The number of nitrogens with zero attached hydrogens (tertiary/aromatic N) is 1. The van der Waals surface area contributed by atoms with Gasteiger partial charge in [-0.1, -0.05) is 25.4 Å². The molecule has 0 aliphatic heterocycles. The number of aryl methyl sites for hydroxylation is 1. The lowest BCUT2D eigenvalue weighted by Crippen LogP contribution is -2.27. The summed E-state index contributed by atoms with van der Waals surface area (Å²) in [6.45, 7) is 6.71. The zero-order chi connectivity index (χ0) is 19.3. The van der Waals surface area contributed by atoms with Gasteiger partial charge in [-0.05, 0) is 25.1 Å². The fraction of sp³-hybridized carbons (Fsp3) is 0.389. The van der Waals surface area contributed by atoms with Crippen LogP contribution in [0.5, 0.6) is 0 Å². The minimum Gasteiger partial charge on any atom is -0.383 e. The van der Waals surface area contributed by atoms with Gasteiger partial charge in [0.1, 0.15) is 4.88 Å². The van der Waals surface area contributed by atoms with Crippen LogP contribution >= 0.6 is 22.9 Å². The second-order valence-electron chi connectivity index (χ2n) is 6.02. The molecule has 0 radical (unpaired) electrons. The second-order valence-corrected chi connectivity index (χ2v) is 7.46. The monoisotopic (exact) mass is 395 g/mol. The van der Waals surface area contributed by atoms with Gasteiger partial charge in [0.15, 0.2) is 0 Å². The number of benzene rings is 1. The number of thiazole rings is 1. The molecular weight excluding hydrogens is 374 g/mol. The summed E-state index contributed by atoms with van der Waals surface area (Å²) < 4.78 is 4.89. The zero-order valence-electron chi connectivity index (χ0n) is 15.2. The van der Waals surface area contributed by atoms with E-state index in [0.29, 0.717) is 35.0 Å². The molecule has 2 amide bonds. The number of halogens is 1. The first kappa shape index (κ1) is 20.4. The number of carbonyl (C=O) groups is 2. The van der Waals surface area contributed by atoms with Gasteiger partial charge in [0.05, 0.1) is 27.9 Å². The number of ether oxygens (including phenoxy) is 1. The van der Waals surface area contributed by atoms with Gasteiger partial charge in [-0.3, -0.25) is 9.59 Å². The summed E-state index contributed by atoms with van der Waals surface area (Å²) in [4.78, 5) is 29.6. The maximum Gasteiger partial charge on any atom is 0.267 e. The minimum absolute atomic E-state index is 0.236. The van der Waals surface area contributed by atoms with E-state index in [1.54, 1.807) is 25.3 Å². The Kier molecular flexibility index (Phi) is 7.14. The molecule has 2 rings (SSSR count). The summed E-state index contributed by atoms with van der Waals surface area (Å²) in [5, 5.41) is 6.70. The third kappa shape index (κ3) is 5.03. The molecule has 0 atom stereocenters. The highest BCUT2D eigenvalue weighted by Gasteiger charge is 2.18. The Morgan fingerprint density at radius 1 is 1.31 bits per heavy atom. The molecule has 140 valence electrons. The van der Waals surface area contributed by atoms with E-state index in [1.807, 2.05) is 20.8 Å². The van der Waals surface area contributed by atoms with Crippen molar-refractivity contribution < 1.29 is 14.3 Å². The molecule has 0 aliphatic rings. The van der Waals surface area contributed by atoms with Crippen molar-refractivity contribution in [3.8, 4) is 0 Å². The number of hydrogen-bond donors (Lipinski definition) is 2. The topological polar surface area (TPSA) is 80.3 Å². The van der Waals surface area contributed by atoms with E-state index in [2.05, 4.69) is 15.6 Å². The molecular formula is C18H22ClN3O3S. The first-order valence-electron chi connectivity index (χ1n) is 8.18. The first-order chi connectivity index (χ1) is 12.3. The van der Waals surface area contributed by atoms with Gasteiger partial charge in [0.25, 0.3) is 11.8 Å². The molecule has 0 saturated heterocycles. The Bertz CT molecular complexity index is 805. The van der Waals surface area contributed by atoms with E-state index in [9.17, 15) is 9.59 Å². The van der Waals surface area contributed by atoms with Crippen LogP contribution in [-0.4, -0.2) is 37.1 Å². The Morgan fingerprint density at radius 2 is 2.04 bits per heavy atom. The number of hydrogen-bond acceptors (Lipinski definition) is 5. The average molecular weight is 396 g/mol. The van der Waals surface area contributed by atoms with E-state index in [0.717, 1.165) is 5.01 Å². The standard InChI is InChI=1S/C18H22ClN3O3S/c1-10(2)18-21-11(3)15(26-18)17(24)22-12-5-6-13(14(19)9-12)16(23)20-7-8-25-4/h5-6,9-10H,7-8H2,1-4H3,(H,20,23)(H,22,24). The van der Waals surface area contributed by atoms with Gasteiger partial charge in [0.2, 0.25) is 0 Å². The highest BCUT2D eigenvalue weighted by molar-refractivity contribution is 7.14. The SMILES string of the molecule is COCCNC(=O)c1ccc(NC(=O)c2sc(C(C)C)nc2C)cc1Cl. The largest absolute Gasteiger partial charge is 0.383 e. The van der Waals surface area contributed by atoms with Crippen molar-refractivity contribution in [3.63, 3.8) is 0 Å². The number of aromatic nitrogens is 1. The number of carbonyl (C=O) groups excluding carboxylic acids is 2. The number of anilines is 1. The molecule has 2 aromatic rings. The zero-order valence-corrected chi connectivity index (χ0v) is 16.8. The fourth-order valence-electron chi connectivity index (χ4n) is 2.20. The van der Waals surface area contributed by atoms with Crippen molar-refractivity contribution in [1.82, 2.24) is 10.3 Å². The van der Waals surface area contributed by atoms with E-state index in [-0.39, 0.29) is 22.8 Å². The van der Waals surface area contributed by atoms with Crippen molar-refractivity contribution in [3.05, 3.63) is 44.4 Å². The third-order valence-electron chi connectivity index (χ3n) is 3.58. The lowest BCUT2D eigenvalue weighted by molar-refractivity contribution is 0.0937. The molecule has 0 spiro atoms. The number of rotatable bonds is 7. The van der Waals surface area contributed by atoms with Gasteiger partial charge in [-0.25, -0.2) is 4.98 Å². The van der Waals surface area contributed by atoms with E-state index in [4.69, 9.17) is 16.3 Å². The maximum atomic E-state index is 12.5. The molecule has 0 bridgehead atoms. The Morgan fingerprint density at radius 3 is 2.62 bits per heavy atom. The normalized spacial score (nSPS) is 10.8. The van der Waals surface area contributed by atoms with Crippen molar-refractivity contribution in [2.24, 2.45) is 0 Å². The molecule has 1 heterocycles. The fourth-order valence-corrected chi connectivity index (χ4v) is 3.43. The van der Waals surface area contributed by atoms with Crippen LogP contribution in [0.15, 0.2) is 18.2 Å². The van der Waals surface area contributed by atoms with Gasteiger partial charge in [0, 0.05) is 25.3 Å². The molecule has 1 aromatic heterocycles. The summed E-state index contributed by atoms with van der Waals surface area (Å²) >= 11 is 7.58. The number of amides is 2. The van der Waals surface area contributed by atoms with Crippen molar-refractivity contribution in [2.75, 3.05) is 25.6 Å². The minimum atomic E-state index is -0.287. The van der Waals surface area contributed by atoms with Gasteiger partial charge < -0.3 is 15.4 Å². The number of nitrogens with one attached hydrogen (secondary N) is 2. The predicted molar refractivity (Wildman–Crippen MR) is 105 cm³/mol. The molecule has 1 aromatic carbocycles. The van der Waals surface area contributed by atoms with Crippen LogP contribution < -0.4 is 10.6 Å². The highest BCUT2D eigenvalue weighted by Crippen LogP contribution is 2.26. The quantitative estimate of drug-likeness (QED) is 0.697. The van der Waals surface area contributed by atoms with Gasteiger partial charge in [-0.15, -0.1) is 11.3 Å². The van der Waals surface area contributed by atoms with Crippen LogP contribution in [0, 0.1) is 6.92 Å². The van der Waals surface area contributed by atoms with Gasteiger partial charge >= 0.3 is 0 Å². The molecule has 0 aliphatic carbocycles. The molecule has 6 nitrogen and oxygen atoms in total. The molecule has 0 unspecified atom stereocenters. The van der Waals surface area contributed by atoms with E-state index >= 15 is 0 Å². The third-order valence-corrected chi connectivity index (χ3v) is 5.35. The summed E-state index contributed by atoms with van der Waals surface area (Å²) in [6.07, 6.45) is 0.